The molecule has 0 spiro atoms. The third kappa shape index (κ3) is 4.70. The zero-order valence-electron chi connectivity index (χ0n) is 16.1. The minimum absolute atomic E-state index is 0.0358. The average Bonchev–Trinajstić information content (AvgIpc) is 3.47. The highest BCUT2D eigenvalue weighted by atomic mass is 16.3. The van der Waals surface area contributed by atoms with E-state index in [1.807, 2.05) is 25.1 Å². The van der Waals surface area contributed by atoms with E-state index in [4.69, 9.17) is 0 Å². The smallest absolute Gasteiger partial charge is 0.106 e. The van der Waals surface area contributed by atoms with Gasteiger partial charge in [-0.05, 0) is 43.9 Å². The summed E-state index contributed by atoms with van der Waals surface area (Å²) in [6, 6.07) is 22.3. The number of likely N-dealkylation sites (tertiary alicyclic amines) is 1. The number of hydrogen-bond acceptors (Lipinski definition) is 4. The topological polar surface area (TPSA) is 47.5 Å². The first kappa shape index (κ1) is 18.5. The van der Waals surface area contributed by atoms with Gasteiger partial charge < -0.3 is 15.7 Å². The molecule has 2 fully saturated rings. The molecule has 1 heterocycles. The maximum atomic E-state index is 10.3. The van der Waals surface area contributed by atoms with E-state index in [1.165, 1.54) is 12.0 Å². The fraction of sp³-hybridized carbons (Fsp3) is 0.478. The van der Waals surface area contributed by atoms with Crippen LogP contribution in [-0.2, 0) is 0 Å². The molecule has 4 atom stereocenters. The number of nitrogens with one attached hydrogen (secondary N) is 2. The summed E-state index contributed by atoms with van der Waals surface area (Å²) < 4.78 is 0. The molecule has 2 aliphatic rings. The van der Waals surface area contributed by atoms with Crippen LogP contribution in [0.4, 0.5) is 5.69 Å². The molecule has 0 amide bonds. The minimum atomic E-state index is -0.416. The summed E-state index contributed by atoms with van der Waals surface area (Å²) in [4.78, 5) is 2.39. The van der Waals surface area contributed by atoms with Crippen molar-refractivity contribution in [3.63, 3.8) is 0 Å². The lowest BCUT2D eigenvalue weighted by Crippen LogP contribution is -2.53. The molecule has 4 unspecified atom stereocenters. The molecule has 2 aromatic rings. The van der Waals surface area contributed by atoms with Gasteiger partial charge in [-0.3, -0.25) is 4.90 Å². The molecule has 2 aromatic carbocycles. The van der Waals surface area contributed by atoms with Crippen molar-refractivity contribution in [2.24, 2.45) is 0 Å². The SMILES string of the molecule is CC(O)C(Nc1ccccc1)N1CCC(NC2CC2c2ccccc2)CC1. The third-order valence-corrected chi connectivity index (χ3v) is 5.94. The summed E-state index contributed by atoms with van der Waals surface area (Å²) in [5.74, 6) is 0.689. The molecule has 4 nitrogen and oxygen atoms in total. The first-order valence-electron chi connectivity index (χ1n) is 10.3. The van der Waals surface area contributed by atoms with Crippen molar-refractivity contribution in [2.45, 2.75) is 56.5 Å². The molecule has 4 heteroatoms. The minimum Gasteiger partial charge on any atom is -0.390 e. The van der Waals surface area contributed by atoms with Gasteiger partial charge in [-0.1, -0.05) is 48.5 Å². The van der Waals surface area contributed by atoms with Gasteiger partial charge in [0.15, 0.2) is 0 Å². The van der Waals surface area contributed by atoms with Crippen LogP contribution in [0.1, 0.15) is 37.7 Å². The summed E-state index contributed by atoms with van der Waals surface area (Å²) in [5.41, 5.74) is 2.53. The second-order valence-electron chi connectivity index (χ2n) is 8.03. The van der Waals surface area contributed by atoms with Gasteiger partial charge in [0, 0.05) is 36.8 Å². The molecule has 0 radical (unpaired) electrons. The van der Waals surface area contributed by atoms with Gasteiger partial charge in [0.2, 0.25) is 0 Å². The fourth-order valence-electron chi connectivity index (χ4n) is 4.32. The Morgan fingerprint density at radius 2 is 1.59 bits per heavy atom. The van der Waals surface area contributed by atoms with Crippen LogP contribution < -0.4 is 10.6 Å². The van der Waals surface area contributed by atoms with Crippen molar-refractivity contribution >= 4 is 5.69 Å². The third-order valence-electron chi connectivity index (χ3n) is 5.94. The molecule has 0 aromatic heterocycles. The molecule has 144 valence electrons. The first-order valence-corrected chi connectivity index (χ1v) is 10.3. The average molecular weight is 366 g/mol. The standard InChI is InChI=1S/C23H31N3O/c1-17(27)23(25-19-10-6-3-7-11-19)26-14-12-20(13-15-26)24-22-16-21(22)18-8-4-2-5-9-18/h2-11,17,20-25,27H,12-16H2,1H3. The molecule has 3 N–H and O–H groups in total. The Hall–Kier alpha value is -1.88. The van der Waals surface area contributed by atoms with Gasteiger partial charge in [0.1, 0.15) is 6.17 Å². The zero-order valence-corrected chi connectivity index (χ0v) is 16.1. The van der Waals surface area contributed by atoms with Gasteiger partial charge in [0.25, 0.3) is 0 Å². The van der Waals surface area contributed by atoms with E-state index in [0.717, 1.165) is 31.6 Å². The van der Waals surface area contributed by atoms with E-state index in [2.05, 4.69) is 58.0 Å². The Morgan fingerprint density at radius 3 is 2.22 bits per heavy atom. The number of piperidine rings is 1. The van der Waals surface area contributed by atoms with Crippen molar-refractivity contribution in [3.8, 4) is 0 Å². The second-order valence-corrected chi connectivity index (χ2v) is 8.03. The molecule has 1 saturated carbocycles. The number of aliphatic hydroxyl groups excluding tert-OH is 1. The molecule has 1 aliphatic heterocycles. The van der Waals surface area contributed by atoms with Crippen LogP contribution >= 0.6 is 0 Å². The van der Waals surface area contributed by atoms with Crippen LogP contribution in [0, 0.1) is 0 Å². The number of hydrogen-bond donors (Lipinski definition) is 3. The van der Waals surface area contributed by atoms with Gasteiger partial charge in [0.05, 0.1) is 6.10 Å². The van der Waals surface area contributed by atoms with Crippen molar-refractivity contribution in [3.05, 3.63) is 66.2 Å². The molecule has 0 bridgehead atoms. The van der Waals surface area contributed by atoms with Crippen LogP contribution in [0.5, 0.6) is 0 Å². The lowest BCUT2D eigenvalue weighted by molar-refractivity contribution is 0.0572. The lowest BCUT2D eigenvalue weighted by atomic mass is 10.0. The van der Waals surface area contributed by atoms with E-state index in [-0.39, 0.29) is 6.17 Å². The Kier molecular flexibility index (Phi) is 5.77. The van der Waals surface area contributed by atoms with E-state index >= 15 is 0 Å². The zero-order chi connectivity index (χ0) is 18.6. The summed E-state index contributed by atoms with van der Waals surface area (Å²) >= 11 is 0. The molecule has 4 rings (SSSR count). The Bertz CT molecular complexity index is 698. The Morgan fingerprint density at radius 1 is 0.963 bits per heavy atom. The summed E-state index contributed by atoms with van der Waals surface area (Å²) in [6.45, 7) is 3.89. The van der Waals surface area contributed by atoms with Crippen molar-refractivity contribution in [1.82, 2.24) is 10.2 Å². The summed E-state index contributed by atoms with van der Waals surface area (Å²) in [7, 11) is 0. The first-order chi connectivity index (χ1) is 13.2. The highest BCUT2D eigenvalue weighted by molar-refractivity contribution is 5.43. The molecular weight excluding hydrogens is 334 g/mol. The number of anilines is 1. The predicted molar refractivity (Wildman–Crippen MR) is 111 cm³/mol. The van der Waals surface area contributed by atoms with Crippen molar-refractivity contribution < 1.29 is 5.11 Å². The van der Waals surface area contributed by atoms with E-state index in [0.29, 0.717) is 18.0 Å². The molecular formula is C23H31N3O. The van der Waals surface area contributed by atoms with Gasteiger partial charge in [-0.25, -0.2) is 0 Å². The molecule has 27 heavy (non-hydrogen) atoms. The van der Waals surface area contributed by atoms with Crippen LogP contribution in [0.3, 0.4) is 0 Å². The van der Waals surface area contributed by atoms with Gasteiger partial charge >= 0.3 is 0 Å². The highest BCUT2D eigenvalue weighted by Crippen LogP contribution is 2.41. The predicted octanol–water partition coefficient (Wildman–Crippen LogP) is 3.42. The van der Waals surface area contributed by atoms with Crippen LogP contribution in [0.25, 0.3) is 0 Å². The van der Waals surface area contributed by atoms with E-state index in [1.54, 1.807) is 0 Å². The largest absolute Gasteiger partial charge is 0.390 e. The normalized spacial score (nSPS) is 25.7. The monoisotopic (exact) mass is 365 g/mol. The van der Waals surface area contributed by atoms with Gasteiger partial charge in [-0.15, -0.1) is 0 Å². The maximum absolute atomic E-state index is 10.3. The maximum Gasteiger partial charge on any atom is 0.106 e. The fourth-order valence-corrected chi connectivity index (χ4v) is 4.32. The Labute approximate surface area is 162 Å². The molecule has 1 aliphatic carbocycles. The number of rotatable bonds is 7. The Balaban J connectivity index is 1.27. The highest BCUT2D eigenvalue weighted by Gasteiger charge is 2.40. The van der Waals surface area contributed by atoms with E-state index < -0.39 is 6.10 Å². The van der Waals surface area contributed by atoms with Gasteiger partial charge in [-0.2, -0.15) is 0 Å². The quantitative estimate of drug-likeness (QED) is 0.704. The van der Waals surface area contributed by atoms with Crippen molar-refractivity contribution in [1.29, 1.82) is 0 Å². The number of nitrogens with zero attached hydrogens (tertiary/aromatic N) is 1. The lowest BCUT2D eigenvalue weighted by Gasteiger charge is -2.39. The second kappa shape index (κ2) is 8.42. The van der Waals surface area contributed by atoms with Crippen LogP contribution in [0.2, 0.25) is 0 Å². The van der Waals surface area contributed by atoms with E-state index in [9.17, 15) is 5.11 Å². The van der Waals surface area contributed by atoms with Crippen molar-refractivity contribution in [2.75, 3.05) is 18.4 Å². The van der Waals surface area contributed by atoms with Crippen LogP contribution in [-0.4, -0.2) is 47.4 Å². The molecule has 1 saturated heterocycles. The van der Waals surface area contributed by atoms with Crippen LogP contribution in [0.15, 0.2) is 60.7 Å². The summed E-state index contributed by atoms with van der Waals surface area (Å²) in [6.07, 6.45) is 3.08. The number of benzene rings is 2. The summed E-state index contributed by atoms with van der Waals surface area (Å²) in [5, 5.41) is 17.7. The number of para-hydroxylation sites is 1. The number of aliphatic hydroxyl groups is 1.